The molecule has 7 nitrogen and oxygen atoms in total. The molecule has 0 bridgehead atoms. The first kappa shape index (κ1) is 36.6. The Bertz CT molecular complexity index is 229. The minimum Gasteiger partial charge on any atom is -0.412 e. The first-order valence-electron chi connectivity index (χ1n) is 8.50. The zero-order valence-corrected chi connectivity index (χ0v) is 19.8. The van der Waals surface area contributed by atoms with Gasteiger partial charge in [-0.1, -0.05) is 34.6 Å². The Balaban J connectivity index is -0.000000147. The summed E-state index contributed by atoms with van der Waals surface area (Å²) in [5, 5.41) is 8.14. The van der Waals surface area contributed by atoms with Crippen LogP contribution in [0.5, 0.6) is 0 Å². The molecule has 0 fully saturated rings. The molecule has 0 aliphatic heterocycles. The fraction of sp³-hybridized carbons (Fsp3) is 1.00. The van der Waals surface area contributed by atoms with Crippen LogP contribution in [0.15, 0.2) is 0 Å². The summed E-state index contributed by atoms with van der Waals surface area (Å²) in [7, 11) is -3.50. The fourth-order valence-electron chi connectivity index (χ4n) is 1.10. The van der Waals surface area contributed by atoms with E-state index in [2.05, 4.69) is 0 Å². The van der Waals surface area contributed by atoms with Gasteiger partial charge in [0.1, 0.15) is 0 Å². The number of hydrogen-bond donors (Lipinski definition) is 2. The zero-order valence-electron chi connectivity index (χ0n) is 17.3. The van der Waals surface area contributed by atoms with Crippen molar-refractivity contribution >= 4 is 9.05 Å². The van der Waals surface area contributed by atoms with Gasteiger partial charge in [-0.25, -0.2) is 0 Å². The van der Waals surface area contributed by atoms with Crippen molar-refractivity contribution in [2.45, 2.75) is 93.0 Å². The number of rotatable bonds is 10. The Morgan fingerprint density at radius 2 is 0.920 bits per heavy atom. The molecule has 3 unspecified atom stereocenters. The Labute approximate surface area is 170 Å². The van der Waals surface area contributed by atoms with Gasteiger partial charge in [0.15, 0.2) is 0 Å². The van der Waals surface area contributed by atoms with Crippen LogP contribution in [0.3, 0.4) is 0 Å². The number of aliphatic hydroxyl groups is 1. The van der Waals surface area contributed by atoms with Gasteiger partial charge in [-0.2, -0.15) is 0 Å². The van der Waals surface area contributed by atoms with E-state index in [9.17, 15) is 4.80 Å². The molecule has 0 aliphatic carbocycles. The average Bonchev–Trinajstić information content (AvgIpc) is 2.46. The normalized spacial score (nSPS) is 16.0. The van der Waals surface area contributed by atoms with Crippen molar-refractivity contribution in [3.63, 3.8) is 0 Å². The van der Waals surface area contributed by atoms with Crippen LogP contribution in [0.1, 0.15) is 74.7 Å². The topological polar surface area (TPSA) is 131 Å². The van der Waals surface area contributed by atoms with E-state index in [0.717, 1.165) is 19.3 Å². The molecular formula is C16H42O7SiTi. The van der Waals surface area contributed by atoms with Crippen LogP contribution in [-0.2, 0) is 35.0 Å². The number of hydrogen-bond acceptors (Lipinski definition) is 5. The van der Waals surface area contributed by atoms with Crippen LogP contribution in [0.4, 0.5) is 0 Å². The summed E-state index contributed by atoms with van der Waals surface area (Å²) in [6, 6.07) is 0. The van der Waals surface area contributed by atoms with Gasteiger partial charge in [0.05, 0.1) is 0 Å². The molecule has 0 aliphatic rings. The maximum absolute atomic E-state index is 10.4. The Kier molecular flexibility index (Phi) is 30.6. The van der Waals surface area contributed by atoms with Crippen LogP contribution < -0.4 is 0 Å². The standard InChI is InChI=1S/C12H28O4Si.C4H10O.2H2O.Ti/c1-7-10(4)14-17(13,15-11(5)8-2)16-12(6)9-3;1-4(2)3-5;;;/h10-13H,7-9H2,1-6H3;4-5H,3H2,1-2H3;2*1H2;. The SMILES string of the molecule is CC(C)CO.CCC(C)O[Si](O)(OC(C)CC)OC(C)CC.O.O.[Ti]. The monoisotopic (exact) mass is 422 g/mol. The summed E-state index contributed by atoms with van der Waals surface area (Å²) in [4.78, 5) is 10.4. The van der Waals surface area contributed by atoms with E-state index < -0.39 is 9.05 Å². The van der Waals surface area contributed by atoms with Crippen molar-refractivity contribution in [2.24, 2.45) is 5.92 Å². The van der Waals surface area contributed by atoms with Crippen LogP contribution in [0, 0.1) is 5.92 Å². The molecule has 3 atom stereocenters. The van der Waals surface area contributed by atoms with E-state index in [0.29, 0.717) is 12.5 Å². The quantitative estimate of drug-likeness (QED) is 0.519. The van der Waals surface area contributed by atoms with Crippen LogP contribution in [0.25, 0.3) is 0 Å². The molecule has 0 amide bonds. The third kappa shape index (κ3) is 22.6. The Morgan fingerprint density at radius 3 is 1.04 bits per heavy atom. The molecule has 9 heteroatoms. The van der Waals surface area contributed by atoms with Gasteiger partial charge in [0.2, 0.25) is 0 Å². The summed E-state index contributed by atoms with van der Waals surface area (Å²) in [6.45, 7) is 16.0. The van der Waals surface area contributed by atoms with Gasteiger partial charge in [0.25, 0.3) is 0 Å². The Hall–Kier alpha value is 0.651. The average molecular weight is 422 g/mol. The molecule has 0 aromatic carbocycles. The molecule has 156 valence electrons. The first-order valence-corrected chi connectivity index (χ1v) is 10.2. The molecule has 6 N–H and O–H groups in total. The molecule has 0 aromatic rings. The van der Waals surface area contributed by atoms with E-state index in [4.69, 9.17) is 18.4 Å². The van der Waals surface area contributed by atoms with Crippen molar-refractivity contribution in [3.8, 4) is 0 Å². The van der Waals surface area contributed by atoms with E-state index >= 15 is 0 Å². The van der Waals surface area contributed by atoms with Crippen LogP contribution in [0.2, 0.25) is 0 Å². The van der Waals surface area contributed by atoms with Crippen molar-refractivity contribution in [3.05, 3.63) is 0 Å². The minimum absolute atomic E-state index is 0. The molecule has 0 heterocycles. The van der Waals surface area contributed by atoms with Gasteiger partial charge >= 0.3 is 9.05 Å². The second kappa shape index (κ2) is 21.0. The largest absolute Gasteiger partial charge is 0.677 e. The first-order chi connectivity index (χ1) is 10.1. The molecular weight excluding hydrogens is 380 g/mol. The minimum atomic E-state index is -3.50. The predicted octanol–water partition coefficient (Wildman–Crippen LogP) is 1.84. The molecule has 0 spiro atoms. The zero-order chi connectivity index (χ0) is 17.8. The maximum Gasteiger partial charge on any atom is 0.677 e. The molecule has 0 rings (SSSR count). The van der Waals surface area contributed by atoms with E-state index in [1.54, 1.807) is 0 Å². The second-order valence-electron chi connectivity index (χ2n) is 6.11. The van der Waals surface area contributed by atoms with E-state index in [-0.39, 0.29) is 51.0 Å². The molecule has 0 aromatic heterocycles. The smallest absolute Gasteiger partial charge is 0.412 e. The maximum atomic E-state index is 10.4. The molecule has 0 radical (unpaired) electrons. The third-order valence-electron chi connectivity index (χ3n) is 3.14. The molecule has 25 heavy (non-hydrogen) atoms. The molecule has 0 saturated carbocycles. The fourth-order valence-corrected chi connectivity index (χ4v) is 3.29. The summed E-state index contributed by atoms with van der Waals surface area (Å²) in [5.74, 6) is 0.440. The van der Waals surface area contributed by atoms with Gasteiger partial charge in [-0.15, -0.1) is 0 Å². The Morgan fingerprint density at radius 1 is 0.720 bits per heavy atom. The van der Waals surface area contributed by atoms with Crippen LogP contribution in [-0.4, -0.2) is 54.8 Å². The van der Waals surface area contributed by atoms with Gasteiger partial charge in [-0.05, 0) is 46.0 Å². The third-order valence-corrected chi connectivity index (χ3v) is 5.24. The van der Waals surface area contributed by atoms with E-state index in [1.165, 1.54) is 0 Å². The second-order valence-corrected chi connectivity index (χ2v) is 7.87. The van der Waals surface area contributed by atoms with Gasteiger partial charge in [0, 0.05) is 46.6 Å². The van der Waals surface area contributed by atoms with Crippen molar-refractivity contribution in [2.75, 3.05) is 6.61 Å². The van der Waals surface area contributed by atoms with Crippen molar-refractivity contribution in [1.82, 2.24) is 0 Å². The van der Waals surface area contributed by atoms with Crippen LogP contribution >= 0.6 is 0 Å². The number of aliphatic hydroxyl groups excluding tert-OH is 1. The summed E-state index contributed by atoms with van der Waals surface area (Å²) in [5.41, 5.74) is 0. The predicted molar refractivity (Wildman–Crippen MR) is 99.6 cm³/mol. The van der Waals surface area contributed by atoms with Crippen molar-refractivity contribution in [1.29, 1.82) is 0 Å². The van der Waals surface area contributed by atoms with Gasteiger partial charge < -0.3 is 34.1 Å². The summed E-state index contributed by atoms with van der Waals surface area (Å²) in [6.07, 6.45) is 2.30. The van der Waals surface area contributed by atoms with Gasteiger partial charge in [-0.3, -0.25) is 0 Å². The molecule has 0 saturated heterocycles. The summed E-state index contributed by atoms with van der Waals surface area (Å²) < 4.78 is 16.7. The summed E-state index contributed by atoms with van der Waals surface area (Å²) >= 11 is 0. The van der Waals surface area contributed by atoms with Crippen molar-refractivity contribution < 1.29 is 55.9 Å². The van der Waals surface area contributed by atoms with E-state index in [1.807, 2.05) is 55.4 Å².